The molecule has 1 aromatic carbocycles. The molecular weight excluding hydrogens is 702 g/mol. The van der Waals surface area contributed by atoms with Crippen LogP contribution in [0.1, 0.15) is 144 Å². The molecule has 0 aromatic heterocycles. The summed E-state index contributed by atoms with van der Waals surface area (Å²) in [6.45, 7) is 13.8. The highest BCUT2D eigenvalue weighted by atomic mass is 16.6. The van der Waals surface area contributed by atoms with E-state index in [2.05, 4.69) is 24.1 Å². The summed E-state index contributed by atoms with van der Waals surface area (Å²) in [4.78, 5) is 66.4. The summed E-state index contributed by atoms with van der Waals surface area (Å²) in [5.41, 5.74) is -4.05. The Morgan fingerprint density at radius 3 is 1.96 bits per heavy atom. The molecule has 0 radical (unpaired) electrons. The normalized spacial score (nSPS) is 13.8. The van der Waals surface area contributed by atoms with E-state index >= 15 is 0 Å². The molecule has 308 valence electrons. The minimum absolute atomic E-state index is 0.0161. The first-order valence-corrected chi connectivity index (χ1v) is 19.7. The molecule has 0 saturated carbocycles. The van der Waals surface area contributed by atoms with E-state index in [4.69, 9.17) is 18.9 Å². The van der Waals surface area contributed by atoms with Gasteiger partial charge < -0.3 is 29.4 Å². The zero-order valence-electron chi connectivity index (χ0n) is 34.8. The molecular formula is C44H67NO10. The summed E-state index contributed by atoms with van der Waals surface area (Å²) < 4.78 is 21.6. The van der Waals surface area contributed by atoms with Gasteiger partial charge in [0.05, 0.1) is 19.4 Å². The van der Waals surface area contributed by atoms with Gasteiger partial charge in [-0.2, -0.15) is 0 Å². The number of Topliss-reactive ketones (excluding diaryl/α,β-unsaturated/α-hetero) is 1. The molecule has 0 unspecified atom stereocenters. The van der Waals surface area contributed by atoms with Crippen LogP contribution in [0, 0.1) is 17.8 Å². The van der Waals surface area contributed by atoms with Crippen LogP contribution in [-0.2, 0) is 44.6 Å². The maximum Gasteiger partial charge on any atom is 0.340 e. The van der Waals surface area contributed by atoms with Crippen LogP contribution in [0.3, 0.4) is 0 Å². The number of ketones is 1. The van der Waals surface area contributed by atoms with Crippen molar-refractivity contribution in [1.29, 1.82) is 0 Å². The van der Waals surface area contributed by atoms with E-state index in [0.717, 1.165) is 38.5 Å². The fraction of sp³-hybridized carbons (Fsp3) is 0.659. The smallest absolute Gasteiger partial charge is 0.340 e. The lowest BCUT2D eigenvalue weighted by Crippen LogP contribution is -2.57. The maximum absolute atomic E-state index is 14.2. The number of methoxy groups -OCH3 is 1. The number of hydrogen-bond donors (Lipinski definition) is 2. The number of allylic oxidation sites excluding steroid dienone is 1. The lowest BCUT2D eigenvalue weighted by atomic mass is 9.82. The van der Waals surface area contributed by atoms with Gasteiger partial charge in [0.25, 0.3) is 0 Å². The van der Waals surface area contributed by atoms with Crippen LogP contribution in [-0.4, -0.2) is 71.3 Å². The van der Waals surface area contributed by atoms with Crippen molar-refractivity contribution in [3.05, 3.63) is 42.0 Å². The molecule has 1 amide bonds. The number of carbonyl (C=O) groups is 5. The summed E-state index contributed by atoms with van der Waals surface area (Å²) in [5.74, 6) is 1.02. The minimum atomic E-state index is -2.70. The average molecular weight is 770 g/mol. The van der Waals surface area contributed by atoms with E-state index in [1.165, 1.54) is 32.4 Å². The van der Waals surface area contributed by atoms with Crippen molar-refractivity contribution in [3.63, 3.8) is 0 Å². The summed E-state index contributed by atoms with van der Waals surface area (Å²) >= 11 is 0. The second-order valence-electron chi connectivity index (χ2n) is 15.9. The molecule has 11 nitrogen and oxygen atoms in total. The molecule has 11 heteroatoms. The van der Waals surface area contributed by atoms with E-state index in [1.807, 2.05) is 0 Å². The number of carbonyl (C=O) groups excluding carboxylic acids is 5. The van der Waals surface area contributed by atoms with Gasteiger partial charge in [-0.15, -0.1) is 5.92 Å². The minimum Gasteiger partial charge on any atom is -0.481 e. The van der Waals surface area contributed by atoms with Crippen LogP contribution >= 0.6 is 0 Å². The number of amides is 1. The molecule has 0 fully saturated rings. The first-order chi connectivity index (χ1) is 25.8. The predicted molar refractivity (Wildman–Crippen MR) is 213 cm³/mol. The van der Waals surface area contributed by atoms with E-state index in [-0.39, 0.29) is 13.0 Å². The van der Waals surface area contributed by atoms with Crippen LogP contribution in [0.15, 0.2) is 36.4 Å². The molecule has 1 rings (SSSR count). The molecule has 55 heavy (non-hydrogen) atoms. The van der Waals surface area contributed by atoms with Gasteiger partial charge in [-0.05, 0) is 91.8 Å². The van der Waals surface area contributed by atoms with Gasteiger partial charge in [0.15, 0.2) is 5.60 Å². The summed E-state index contributed by atoms with van der Waals surface area (Å²) in [6.07, 6.45) is 12.7. The standard InChI is InChI=1S/C44H67NO10/c1-10-12-14-17-20-23-34(46)24-21-18-15-16-19-22-25-36(44(51,41(50)55-43(6,7)8)32-38(47)54-42(3,4)5)39(48)45-37(40(49)52-9)31-33-26-28-35(29-27-33)53-30-13-11-2/h22,25-29,36-37,51H,10,12,14-21,23-24,30-32H2,1-9H3,(H,45,48)/b25-22+/t36-,37+,44+/m1/s1. The van der Waals surface area contributed by atoms with Crippen molar-refractivity contribution in [1.82, 2.24) is 5.32 Å². The predicted octanol–water partition coefficient (Wildman–Crippen LogP) is 7.54. The first kappa shape index (κ1) is 48.8. The molecule has 0 aliphatic rings. The van der Waals surface area contributed by atoms with Crippen molar-refractivity contribution < 1.29 is 48.0 Å². The molecule has 0 heterocycles. The van der Waals surface area contributed by atoms with Gasteiger partial charge in [0, 0.05) is 19.3 Å². The topological polar surface area (TPSA) is 155 Å². The number of benzene rings is 1. The first-order valence-electron chi connectivity index (χ1n) is 19.7. The van der Waals surface area contributed by atoms with Crippen molar-refractivity contribution >= 4 is 29.6 Å². The molecule has 0 bridgehead atoms. The molecule has 3 atom stereocenters. The number of hydrogen-bond acceptors (Lipinski definition) is 10. The van der Waals surface area contributed by atoms with Crippen molar-refractivity contribution in [2.45, 2.75) is 168 Å². The Morgan fingerprint density at radius 2 is 1.42 bits per heavy atom. The molecule has 0 saturated heterocycles. The Kier molecular flexibility index (Phi) is 22.3. The van der Waals surface area contributed by atoms with Gasteiger partial charge in [-0.3, -0.25) is 14.4 Å². The van der Waals surface area contributed by atoms with Crippen LogP contribution in [0.4, 0.5) is 0 Å². The highest BCUT2D eigenvalue weighted by molar-refractivity contribution is 5.96. The Hall–Kier alpha value is -4.17. The maximum atomic E-state index is 14.2. The Morgan fingerprint density at radius 1 is 0.836 bits per heavy atom. The van der Waals surface area contributed by atoms with Gasteiger partial charge in [0.2, 0.25) is 5.91 Å². The fourth-order valence-electron chi connectivity index (χ4n) is 5.70. The Labute approximate surface area is 329 Å². The summed E-state index contributed by atoms with van der Waals surface area (Å²) in [6, 6.07) is 5.68. The number of nitrogens with one attached hydrogen (secondary N) is 1. The average Bonchev–Trinajstić information content (AvgIpc) is 3.09. The van der Waals surface area contributed by atoms with Gasteiger partial charge in [-0.1, -0.05) is 75.7 Å². The Bertz CT molecular complexity index is 1440. The third-order valence-corrected chi connectivity index (χ3v) is 8.50. The van der Waals surface area contributed by atoms with Crippen molar-refractivity contribution in [3.8, 4) is 17.6 Å². The number of esters is 3. The zero-order chi connectivity index (χ0) is 41.5. The van der Waals surface area contributed by atoms with Crippen LogP contribution in [0.5, 0.6) is 5.75 Å². The lowest BCUT2D eigenvalue weighted by Gasteiger charge is -2.35. The number of unbranched alkanes of at least 4 members (excludes halogenated alkanes) is 8. The third kappa shape index (κ3) is 20.9. The summed E-state index contributed by atoms with van der Waals surface area (Å²) in [7, 11) is 1.19. The molecule has 1 aromatic rings. The quantitative estimate of drug-likeness (QED) is 0.0335. The van der Waals surface area contributed by atoms with E-state index in [1.54, 1.807) is 78.8 Å². The largest absolute Gasteiger partial charge is 0.481 e. The number of aliphatic hydroxyl groups is 1. The number of ether oxygens (including phenoxy) is 4. The molecule has 2 N–H and O–H groups in total. The SMILES string of the molecule is CC#CCOc1ccc(C[C@H](NC(=O)[C@@H](/C=C/CCCCCCC(=O)CCCCCCC)[C@@](O)(CC(=O)OC(C)(C)C)C(=O)OC(C)(C)C)C(=O)OC)cc1. The highest BCUT2D eigenvalue weighted by Gasteiger charge is 2.52. The lowest BCUT2D eigenvalue weighted by molar-refractivity contribution is -0.190. The van der Waals surface area contributed by atoms with E-state index in [0.29, 0.717) is 36.4 Å². The molecule has 0 aliphatic heterocycles. The second-order valence-corrected chi connectivity index (χ2v) is 15.9. The van der Waals surface area contributed by atoms with Crippen LogP contribution in [0.2, 0.25) is 0 Å². The monoisotopic (exact) mass is 769 g/mol. The molecule has 0 spiro atoms. The zero-order valence-corrected chi connectivity index (χ0v) is 34.8. The fourth-order valence-corrected chi connectivity index (χ4v) is 5.70. The summed E-state index contributed by atoms with van der Waals surface area (Å²) in [5, 5.41) is 14.8. The van der Waals surface area contributed by atoms with Gasteiger partial charge in [0.1, 0.15) is 35.4 Å². The van der Waals surface area contributed by atoms with Crippen molar-refractivity contribution in [2.24, 2.45) is 5.92 Å². The number of rotatable bonds is 25. The van der Waals surface area contributed by atoms with E-state index < -0.39 is 59.0 Å². The van der Waals surface area contributed by atoms with Crippen molar-refractivity contribution in [2.75, 3.05) is 13.7 Å². The molecule has 0 aliphatic carbocycles. The van der Waals surface area contributed by atoms with Gasteiger partial charge >= 0.3 is 17.9 Å². The highest BCUT2D eigenvalue weighted by Crippen LogP contribution is 2.30. The van der Waals surface area contributed by atoms with Crippen LogP contribution < -0.4 is 10.1 Å². The van der Waals surface area contributed by atoms with Crippen LogP contribution in [0.25, 0.3) is 0 Å². The Balaban J connectivity index is 3.28. The second kappa shape index (κ2) is 25.1. The van der Waals surface area contributed by atoms with E-state index in [9.17, 15) is 29.1 Å². The van der Waals surface area contributed by atoms with Gasteiger partial charge in [-0.25, -0.2) is 9.59 Å². The third-order valence-electron chi connectivity index (χ3n) is 8.50.